The summed E-state index contributed by atoms with van der Waals surface area (Å²) >= 11 is 5.68. The molecule has 0 aliphatic carbocycles. The van der Waals surface area contributed by atoms with E-state index in [9.17, 15) is 13.2 Å². The standard InChI is InChI=1S/C16H15ClF3N3O/c17-11-2-1-10(12(18)7-11)9-24-16-14(20)8-13(19)15(22-16)23-5-3-21-4-6-23/h1-2,7-8,21H,3-6,9H2. The summed E-state index contributed by atoms with van der Waals surface area (Å²) in [5.74, 6) is -2.57. The number of nitrogens with zero attached hydrogens (tertiary/aromatic N) is 2. The van der Waals surface area contributed by atoms with Gasteiger partial charge >= 0.3 is 0 Å². The molecule has 0 amide bonds. The molecule has 0 radical (unpaired) electrons. The van der Waals surface area contributed by atoms with Gasteiger partial charge in [-0.05, 0) is 12.1 Å². The van der Waals surface area contributed by atoms with E-state index in [0.717, 1.165) is 12.1 Å². The van der Waals surface area contributed by atoms with Crippen molar-refractivity contribution in [2.24, 2.45) is 0 Å². The number of anilines is 1. The van der Waals surface area contributed by atoms with Crippen LogP contribution in [0.1, 0.15) is 5.56 Å². The number of benzene rings is 1. The van der Waals surface area contributed by atoms with Gasteiger partial charge in [-0.25, -0.2) is 13.2 Å². The third-order valence-corrected chi connectivity index (χ3v) is 3.91. The normalized spacial score (nSPS) is 14.8. The molecule has 128 valence electrons. The zero-order valence-electron chi connectivity index (χ0n) is 12.7. The van der Waals surface area contributed by atoms with Gasteiger partial charge in [-0.3, -0.25) is 0 Å². The van der Waals surface area contributed by atoms with E-state index in [1.165, 1.54) is 12.1 Å². The Bertz CT molecular complexity index is 739. The number of ether oxygens (including phenoxy) is 1. The van der Waals surface area contributed by atoms with E-state index >= 15 is 0 Å². The Morgan fingerprint density at radius 2 is 1.83 bits per heavy atom. The van der Waals surface area contributed by atoms with Gasteiger partial charge in [0.25, 0.3) is 5.88 Å². The third-order valence-electron chi connectivity index (χ3n) is 3.67. The molecule has 4 nitrogen and oxygen atoms in total. The summed E-state index contributed by atoms with van der Waals surface area (Å²) in [4.78, 5) is 5.64. The van der Waals surface area contributed by atoms with Gasteiger partial charge in [0, 0.05) is 42.8 Å². The van der Waals surface area contributed by atoms with Crippen molar-refractivity contribution in [1.29, 1.82) is 0 Å². The number of pyridine rings is 1. The van der Waals surface area contributed by atoms with Gasteiger partial charge in [-0.2, -0.15) is 4.98 Å². The van der Waals surface area contributed by atoms with Crippen LogP contribution < -0.4 is 15.0 Å². The van der Waals surface area contributed by atoms with Gasteiger partial charge in [-0.1, -0.05) is 17.7 Å². The van der Waals surface area contributed by atoms with E-state index in [0.29, 0.717) is 26.2 Å². The van der Waals surface area contributed by atoms with Gasteiger partial charge in [0.15, 0.2) is 17.5 Å². The summed E-state index contributed by atoms with van der Waals surface area (Å²) in [5, 5.41) is 3.39. The van der Waals surface area contributed by atoms with Crippen LogP contribution in [-0.2, 0) is 6.61 Å². The van der Waals surface area contributed by atoms with Crippen LogP contribution in [0, 0.1) is 17.5 Å². The van der Waals surface area contributed by atoms with E-state index in [1.807, 2.05) is 0 Å². The van der Waals surface area contributed by atoms with Crippen LogP contribution in [0.4, 0.5) is 19.0 Å². The molecule has 2 heterocycles. The zero-order valence-corrected chi connectivity index (χ0v) is 13.4. The van der Waals surface area contributed by atoms with Crippen molar-refractivity contribution in [3.8, 4) is 5.88 Å². The Morgan fingerprint density at radius 1 is 1.08 bits per heavy atom. The maximum atomic E-state index is 14.0. The molecule has 1 aliphatic rings. The highest BCUT2D eigenvalue weighted by Gasteiger charge is 2.20. The lowest BCUT2D eigenvalue weighted by Crippen LogP contribution is -2.44. The summed E-state index contributed by atoms with van der Waals surface area (Å²) in [6.45, 7) is 2.25. The van der Waals surface area contributed by atoms with Gasteiger partial charge in [0.2, 0.25) is 0 Å². The summed E-state index contributed by atoms with van der Waals surface area (Å²) in [5.41, 5.74) is 0.202. The Morgan fingerprint density at radius 3 is 2.54 bits per heavy atom. The average molecular weight is 358 g/mol. The maximum absolute atomic E-state index is 14.0. The minimum absolute atomic E-state index is 0.0319. The fraction of sp³-hybridized carbons (Fsp3) is 0.312. The first-order valence-electron chi connectivity index (χ1n) is 7.43. The number of hydrogen-bond acceptors (Lipinski definition) is 4. The predicted octanol–water partition coefficient (Wildman–Crippen LogP) is 3.14. The molecular weight excluding hydrogens is 343 g/mol. The maximum Gasteiger partial charge on any atom is 0.252 e. The number of piperazine rings is 1. The molecule has 3 rings (SSSR count). The van der Waals surface area contributed by atoms with Crippen LogP contribution in [0.5, 0.6) is 5.88 Å². The lowest BCUT2D eigenvalue weighted by Gasteiger charge is -2.28. The van der Waals surface area contributed by atoms with E-state index in [-0.39, 0.29) is 28.9 Å². The van der Waals surface area contributed by atoms with Crippen molar-refractivity contribution in [3.05, 3.63) is 52.3 Å². The first-order chi connectivity index (χ1) is 11.5. The Balaban J connectivity index is 1.79. The smallest absolute Gasteiger partial charge is 0.252 e. The summed E-state index contributed by atoms with van der Waals surface area (Å²) in [6, 6.07) is 4.82. The fourth-order valence-electron chi connectivity index (χ4n) is 2.43. The van der Waals surface area contributed by atoms with Crippen LogP contribution in [0.2, 0.25) is 5.02 Å². The molecule has 0 saturated carbocycles. The topological polar surface area (TPSA) is 37.4 Å². The number of aromatic nitrogens is 1. The second kappa shape index (κ2) is 7.27. The molecule has 0 atom stereocenters. The number of nitrogens with one attached hydrogen (secondary N) is 1. The van der Waals surface area contributed by atoms with Crippen LogP contribution >= 0.6 is 11.6 Å². The molecule has 1 aliphatic heterocycles. The quantitative estimate of drug-likeness (QED) is 0.912. The minimum atomic E-state index is -0.930. The van der Waals surface area contributed by atoms with Crippen molar-refractivity contribution < 1.29 is 17.9 Å². The van der Waals surface area contributed by atoms with E-state index in [4.69, 9.17) is 16.3 Å². The van der Waals surface area contributed by atoms with Gasteiger partial charge in [-0.15, -0.1) is 0 Å². The number of halogens is 4. The molecule has 0 spiro atoms. The van der Waals surface area contributed by atoms with E-state index < -0.39 is 17.5 Å². The lowest BCUT2D eigenvalue weighted by atomic mass is 10.2. The SMILES string of the molecule is Fc1cc(Cl)ccc1COc1nc(N2CCNCC2)c(F)cc1F. The third kappa shape index (κ3) is 3.73. The fourth-order valence-corrected chi connectivity index (χ4v) is 2.58. The molecular formula is C16H15ClF3N3O. The highest BCUT2D eigenvalue weighted by molar-refractivity contribution is 6.30. The van der Waals surface area contributed by atoms with Crippen LogP contribution in [0.15, 0.2) is 24.3 Å². The Labute approximate surface area is 142 Å². The number of hydrogen-bond donors (Lipinski definition) is 1. The minimum Gasteiger partial charge on any atom is -0.471 e. The van der Waals surface area contributed by atoms with Crippen molar-refractivity contribution in [2.75, 3.05) is 31.1 Å². The second-order valence-corrected chi connectivity index (χ2v) is 5.78. The molecule has 0 unspecified atom stereocenters. The average Bonchev–Trinajstić information content (AvgIpc) is 2.56. The van der Waals surface area contributed by atoms with Crippen LogP contribution in [0.3, 0.4) is 0 Å². The Kier molecular flexibility index (Phi) is 5.11. The van der Waals surface area contributed by atoms with Crippen LogP contribution in [-0.4, -0.2) is 31.2 Å². The molecule has 0 bridgehead atoms. The van der Waals surface area contributed by atoms with Gasteiger partial charge in [0.05, 0.1) is 0 Å². The molecule has 1 N–H and O–H groups in total. The summed E-state index contributed by atoms with van der Waals surface area (Å²) < 4.78 is 46.9. The molecule has 1 fully saturated rings. The molecule has 24 heavy (non-hydrogen) atoms. The highest BCUT2D eigenvalue weighted by Crippen LogP contribution is 2.25. The van der Waals surface area contributed by atoms with Crippen LogP contribution in [0.25, 0.3) is 0 Å². The second-order valence-electron chi connectivity index (χ2n) is 5.34. The van der Waals surface area contributed by atoms with Crippen molar-refractivity contribution in [2.45, 2.75) is 6.61 Å². The summed E-state index contributed by atoms with van der Waals surface area (Å²) in [7, 11) is 0. The molecule has 1 aromatic heterocycles. The van der Waals surface area contributed by atoms with Gasteiger partial charge < -0.3 is 15.0 Å². The molecule has 2 aromatic rings. The number of rotatable bonds is 4. The highest BCUT2D eigenvalue weighted by atomic mass is 35.5. The summed E-state index contributed by atoms with van der Waals surface area (Å²) in [6.07, 6.45) is 0. The largest absolute Gasteiger partial charge is 0.471 e. The first kappa shape index (κ1) is 16.9. The molecule has 8 heteroatoms. The van der Waals surface area contributed by atoms with E-state index in [1.54, 1.807) is 4.90 Å². The molecule has 1 aromatic carbocycles. The van der Waals surface area contributed by atoms with Crippen molar-refractivity contribution in [1.82, 2.24) is 10.3 Å². The lowest BCUT2D eigenvalue weighted by molar-refractivity contribution is 0.271. The monoisotopic (exact) mass is 357 g/mol. The van der Waals surface area contributed by atoms with Gasteiger partial charge in [0.1, 0.15) is 12.4 Å². The first-order valence-corrected chi connectivity index (χ1v) is 7.81. The predicted molar refractivity (Wildman–Crippen MR) is 85.0 cm³/mol. The Hall–Kier alpha value is -1.99. The van der Waals surface area contributed by atoms with Crippen molar-refractivity contribution in [3.63, 3.8) is 0 Å². The van der Waals surface area contributed by atoms with E-state index in [2.05, 4.69) is 10.3 Å². The van der Waals surface area contributed by atoms with Crippen molar-refractivity contribution >= 4 is 17.4 Å². The molecule has 1 saturated heterocycles. The zero-order chi connectivity index (χ0) is 17.1.